The molecule has 1 fully saturated rings. The van der Waals surface area contributed by atoms with Crippen molar-refractivity contribution in [2.45, 2.75) is 32.2 Å². The number of aromatic nitrogens is 3. The number of hydrogen-bond acceptors (Lipinski definition) is 3. The van der Waals surface area contributed by atoms with Crippen LogP contribution in [0.5, 0.6) is 0 Å². The summed E-state index contributed by atoms with van der Waals surface area (Å²) in [6.07, 6.45) is 7.17. The number of likely N-dealkylation sites (tertiary alicyclic amines) is 1. The average molecular weight is 305 g/mol. The second-order valence-electron chi connectivity index (χ2n) is 5.71. The van der Waals surface area contributed by atoms with Gasteiger partial charge in [-0.1, -0.05) is 11.6 Å². The van der Waals surface area contributed by atoms with Crippen LogP contribution in [0.4, 0.5) is 0 Å². The highest BCUT2D eigenvalue weighted by molar-refractivity contribution is 6.30. The van der Waals surface area contributed by atoms with Crippen molar-refractivity contribution < 1.29 is 0 Å². The van der Waals surface area contributed by atoms with Crippen LogP contribution in [0.3, 0.4) is 0 Å². The minimum Gasteiger partial charge on any atom is -0.296 e. The summed E-state index contributed by atoms with van der Waals surface area (Å²) in [5, 5.41) is 5.24. The third kappa shape index (κ3) is 2.97. The molecule has 1 aliphatic rings. The third-order valence-corrected chi connectivity index (χ3v) is 4.78. The summed E-state index contributed by atoms with van der Waals surface area (Å²) < 4.78 is 1.78. The molecule has 4 nitrogen and oxygen atoms in total. The molecule has 21 heavy (non-hydrogen) atoms. The van der Waals surface area contributed by atoms with Gasteiger partial charge in [0.15, 0.2) is 0 Å². The first-order valence-corrected chi connectivity index (χ1v) is 7.86. The fraction of sp³-hybridized carbons (Fsp3) is 0.500. The maximum atomic E-state index is 6.44. The topological polar surface area (TPSA) is 34.0 Å². The molecule has 1 saturated heterocycles. The second kappa shape index (κ2) is 6.16. The number of halogens is 1. The molecule has 0 aromatic carbocycles. The van der Waals surface area contributed by atoms with Crippen LogP contribution >= 0.6 is 11.6 Å². The zero-order valence-electron chi connectivity index (χ0n) is 12.6. The molecular weight excluding hydrogens is 284 g/mol. The standard InChI is InChI=1S/C16H21ClN4/c1-12-15(16(17)20(2)19-12)14-4-3-10-21(14)11-7-13-5-8-18-9-6-13/h5-6,8-9,14H,3-4,7,10-11H2,1-2H3. The van der Waals surface area contributed by atoms with Crippen molar-refractivity contribution in [2.24, 2.45) is 7.05 Å². The molecule has 0 radical (unpaired) electrons. The Morgan fingerprint density at radius 1 is 1.33 bits per heavy atom. The molecule has 112 valence electrons. The van der Waals surface area contributed by atoms with Crippen LogP contribution in [0.1, 0.15) is 35.7 Å². The lowest BCUT2D eigenvalue weighted by Crippen LogP contribution is -2.26. The lowest BCUT2D eigenvalue weighted by Gasteiger charge is -2.24. The highest BCUT2D eigenvalue weighted by atomic mass is 35.5. The van der Waals surface area contributed by atoms with Crippen molar-refractivity contribution in [3.8, 4) is 0 Å². The molecule has 1 aliphatic heterocycles. The summed E-state index contributed by atoms with van der Waals surface area (Å²) >= 11 is 6.44. The number of pyridine rings is 1. The number of rotatable bonds is 4. The quantitative estimate of drug-likeness (QED) is 0.870. The Bertz CT molecular complexity index is 608. The summed E-state index contributed by atoms with van der Waals surface area (Å²) in [4.78, 5) is 6.61. The van der Waals surface area contributed by atoms with Crippen molar-refractivity contribution in [3.63, 3.8) is 0 Å². The minimum absolute atomic E-state index is 0.410. The second-order valence-corrected chi connectivity index (χ2v) is 6.07. The molecule has 3 heterocycles. The molecule has 0 amide bonds. The van der Waals surface area contributed by atoms with Gasteiger partial charge in [-0.25, -0.2) is 0 Å². The molecule has 0 N–H and O–H groups in total. The van der Waals surface area contributed by atoms with Crippen molar-refractivity contribution in [3.05, 3.63) is 46.5 Å². The lowest BCUT2D eigenvalue weighted by molar-refractivity contribution is 0.260. The van der Waals surface area contributed by atoms with Gasteiger partial charge in [-0.15, -0.1) is 0 Å². The highest BCUT2D eigenvalue weighted by Gasteiger charge is 2.30. The monoisotopic (exact) mass is 304 g/mol. The molecule has 0 spiro atoms. The largest absolute Gasteiger partial charge is 0.296 e. The van der Waals surface area contributed by atoms with Gasteiger partial charge in [0.1, 0.15) is 5.15 Å². The minimum atomic E-state index is 0.410. The maximum absolute atomic E-state index is 6.44. The molecule has 3 rings (SSSR count). The Labute approximate surface area is 130 Å². The summed E-state index contributed by atoms with van der Waals surface area (Å²) in [5.41, 5.74) is 3.61. The third-order valence-electron chi connectivity index (χ3n) is 4.33. The fourth-order valence-electron chi connectivity index (χ4n) is 3.27. The van der Waals surface area contributed by atoms with E-state index < -0.39 is 0 Å². The average Bonchev–Trinajstić information content (AvgIpc) is 3.03. The van der Waals surface area contributed by atoms with Crippen LogP contribution in [0.25, 0.3) is 0 Å². The van der Waals surface area contributed by atoms with E-state index >= 15 is 0 Å². The molecular formula is C16H21ClN4. The van der Waals surface area contributed by atoms with E-state index in [0.29, 0.717) is 6.04 Å². The normalized spacial score (nSPS) is 19.3. The summed E-state index contributed by atoms with van der Waals surface area (Å²) in [6, 6.07) is 4.59. The first kappa shape index (κ1) is 14.5. The van der Waals surface area contributed by atoms with E-state index in [4.69, 9.17) is 11.6 Å². The zero-order chi connectivity index (χ0) is 14.8. The van der Waals surface area contributed by atoms with E-state index in [1.807, 2.05) is 19.4 Å². The Hall–Kier alpha value is -1.39. The fourth-order valence-corrected chi connectivity index (χ4v) is 3.57. The van der Waals surface area contributed by atoms with Crippen molar-refractivity contribution in [2.75, 3.05) is 13.1 Å². The van der Waals surface area contributed by atoms with E-state index in [1.54, 1.807) is 4.68 Å². The number of hydrogen-bond donors (Lipinski definition) is 0. The van der Waals surface area contributed by atoms with E-state index in [2.05, 4.69) is 34.0 Å². The SMILES string of the molecule is Cc1nn(C)c(Cl)c1C1CCCN1CCc1ccncc1. The molecule has 0 bridgehead atoms. The maximum Gasteiger partial charge on any atom is 0.131 e. The van der Waals surface area contributed by atoms with Gasteiger partial charge in [0.25, 0.3) is 0 Å². The van der Waals surface area contributed by atoms with Gasteiger partial charge in [0.2, 0.25) is 0 Å². The smallest absolute Gasteiger partial charge is 0.131 e. The molecule has 2 aromatic heterocycles. The Kier molecular flexibility index (Phi) is 4.27. The lowest BCUT2D eigenvalue weighted by atomic mass is 10.1. The van der Waals surface area contributed by atoms with Crippen LogP contribution in [-0.4, -0.2) is 32.8 Å². The van der Waals surface area contributed by atoms with Crippen LogP contribution in [0, 0.1) is 6.92 Å². The Morgan fingerprint density at radius 3 is 2.76 bits per heavy atom. The summed E-state index contributed by atoms with van der Waals surface area (Å²) in [7, 11) is 1.91. The van der Waals surface area contributed by atoms with Crippen molar-refractivity contribution >= 4 is 11.6 Å². The van der Waals surface area contributed by atoms with Gasteiger partial charge in [-0.05, 0) is 50.4 Å². The van der Waals surface area contributed by atoms with Crippen LogP contribution in [0.2, 0.25) is 5.15 Å². The van der Waals surface area contributed by atoms with E-state index in [9.17, 15) is 0 Å². The first-order valence-electron chi connectivity index (χ1n) is 7.48. The highest BCUT2D eigenvalue weighted by Crippen LogP contribution is 2.37. The molecule has 1 atom stereocenters. The predicted octanol–water partition coefficient (Wildman–Crippen LogP) is 3.16. The molecule has 1 unspecified atom stereocenters. The summed E-state index contributed by atoms with van der Waals surface area (Å²) in [5.74, 6) is 0. The number of nitrogens with zero attached hydrogens (tertiary/aromatic N) is 4. The van der Waals surface area contributed by atoms with Crippen LogP contribution < -0.4 is 0 Å². The van der Waals surface area contributed by atoms with Gasteiger partial charge in [0.05, 0.1) is 5.69 Å². The van der Waals surface area contributed by atoms with Crippen molar-refractivity contribution in [1.29, 1.82) is 0 Å². The van der Waals surface area contributed by atoms with Gasteiger partial charge in [0, 0.05) is 37.6 Å². The Morgan fingerprint density at radius 2 is 2.10 bits per heavy atom. The van der Waals surface area contributed by atoms with E-state index in [1.165, 1.54) is 24.0 Å². The molecule has 5 heteroatoms. The van der Waals surface area contributed by atoms with Gasteiger partial charge in [-0.3, -0.25) is 14.6 Å². The summed E-state index contributed by atoms with van der Waals surface area (Å²) in [6.45, 7) is 4.25. The van der Waals surface area contributed by atoms with Gasteiger partial charge < -0.3 is 0 Å². The molecule has 2 aromatic rings. The number of aryl methyl sites for hydroxylation is 2. The van der Waals surface area contributed by atoms with Gasteiger partial charge in [-0.2, -0.15) is 5.10 Å². The van der Waals surface area contributed by atoms with Gasteiger partial charge >= 0.3 is 0 Å². The predicted molar refractivity (Wildman–Crippen MR) is 84.4 cm³/mol. The van der Waals surface area contributed by atoms with E-state index in [-0.39, 0.29) is 0 Å². The molecule has 0 aliphatic carbocycles. The Balaban J connectivity index is 1.73. The van der Waals surface area contributed by atoms with Crippen LogP contribution in [0.15, 0.2) is 24.5 Å². The van der Waals surface area contributed by atoms with Crippen LogP contribution in [-0.2, 0) is 13.5 Å². The molecule has 0 saturated carbocycles. The van der Waals surface area contributed by atoms with E-state index in [0.717, 1.165) is 30.4 Å². The first-order chi connectivity index (χ1) is 10.2. The zero-order valence-corrected chi connectivity index (χ0v) is 13.3. The van der Waals surface area contributed by atoms with Crippen molar-refractivity contribution in [1.82, 2.24) is 19.7 Å².